The Morgan fingerprint density at radius 2 is 1.82 bits per heavy atom. The van der Waals surface area contributed by atoms with Crippen molar-refractivity contribution in [1.29, 1.82) is 0 Å². The van der Waals surface area contributed by atoms with Gasteiger partial charge in [0.1, 0.15) is 6.10 Å². The summed E-state index contributed by atoms with van der Waals surface area (Å²) in [4.78, 5) is 15.3. The van der Waals surface area contributed by atoms with Gasteiger partial charge in [0.15, 0.2) is 17.6 Å². The Morgan fingerprint density at radius 1 is 1.02 bits per heavy atom. The van der Waals surface area contributed by atoms with E-state index in [9.17, 15) is 4.79 Å². The van der Waals surface area contributed by atoms with Crippen molar-refractivity contribution in [2.45, 2.75) is 49.3 Å². The lowest BCUT2D eigenvalue weighted by atomic mass is 9.53. The van der Waals surface area contributed by atoms with Crippen LogP contribution in [0.3, 0.4) is 0 Å². The largest absolute Gasteiger partial charge is 0.508 e. The molecule has 0 radical (unpaired) electrons. The van der Waals surface area contributed by atoms with Gasteiger partial charge in [0, 0.05) is 22.9 Å². The minimum absolute atomic E-state index is 0.222. The van der Waals surface area contributed by atoms with Crippen molar-refractivity contribution in [3.63, 3.8) is 0 Å². The molecular weight excluding hydrogens is 502 g/mol. The number of ether oxygens (including phenoxy) is 4. The summed E-state index contributed by atoms with van der Waals surface area (Å²) in [7, 11) is 3.89. The van der Waals surface area contributed by atoms with Gasteiger partial charge in [0.05, 0.1) is 13.7 Å². The summed E-state index contributed by atoms with van der Waals surface area (Å²) in [5.74, 6) is 1.87. The third-order valence-corrected chi connectivity index (χ3v) is 9.46. The van der Waals surface area contributed by atoms with Crippen molar-refractivity contribution < 1.29 is 23.7 Å². The maximum Gasteiger partial charge on any atom is 0.508 e. The molecule has 2 bridgehead atoms. The smallest absolute Gasteiger partial charge is 0.493 e. The van der Waals surface area contributed by atoms with Crippen molar-refractivity contribution in [3.8, 4) is 22.6 Å². The lowest BCUT2D eigenvalue weighted by Gasteiger charge is -2.56. The Balaban J connectivity index is 1.00. The Morgan fingerprint density at radius 3 is 2.62 bits per heavy atom. The first-order chi connectivity index (χ1) is 19.6. The van der Waals surface area contributed by atoms with Gasteiger partial charge in [-0.1, -0.05) is 66.7 Å². The fourth-order valence-corrected chi connectivity index (χ4v) is 7.54. The van der Waals surface area contributed by atoms with E-state index < -0.39 is 12.3 Å². The molecule has 0 N–H and O–H groups in total. The molecule has 2 aliphatic carbocycles. The van der Waals surface area contributed by atoms with Crippen LogP contribution in [0.5, 0.6) is 11.5 Å². The number of methoxy groups -OCH3 is 1. The number of carbonyl (C=O) groups excluding carboxylic acids is 1. The highest BCUT2D eigenvalue weighted by atomic mass is 16.7. The van der Waals surface area contributed by atoms with Gasteiger partial charge in [0.25, 0.3) is 0 Å². The summed E-state index contributed by atoms with van der Waals surface area (Å²) in [6, 6.07) is 23.5. The summed E-state index contributed by atoms with van der Waals surface area (Å²) in [5, 5.41) is 0. The Hall–Kier alpha value is -3.77. The molecule has 0 amide bonds. The van der Waals surface area contributed by atoms with E-state index in [1.807, 2.05) is 30.3 Å². The second kappa shape index (κ2) is 10.0. The minimum atomic E-state index is -0.643. The third kappa shape index (κ3) is 4.00. The zero-order chi connectivity index (χ0) is 27.3. The van der Waals surface area contributed by atoms with Crippen LogP contribution in [0.15, 0.2) is 78.9 Å². The number of likely N-dealkylation sites (N-methyl/N-ethyl adjacent to an activating group) is 1. The molecule has 0 saturated carbocycles. The first-order valence-corrected chi connectivity index (χ1v) is 14.3. The third-order valence-electron chi connectivity index (χ3n) is 9.46. The first-order valence-electron chi connectivity index (χ1n) is 14.3. The fraction of sp³-hybridized carbons (Fsp3) is 0.382. The predicted molar refractivity (Wildman–Crippen MR) is 153 cm³/mol. The van der Waals surface area contributed by atoms with Crippen LogP contribution in [0.25, 0.3) is 11.1 Å². The predicted octanol–water partition coefficient (Wildman–Crippen LogP) is 5.96. The molecule has 0 aromatic heterocycles. The van der Waals surface area contributed by atoms with Crippen LogP contribution in [0.2, 0.25) is 0 Å². The Labute approximate surface area is 235 Å². The Kier molecular flexibility index (Phi) is 6.31. The van der Waals surface area contributed by atoms with Gasteiger partial charge in [-0.3, -0.25) is 0 Å². The van der Waals surface area contributed by atoms with Crippen molar-refractivity contribution >= 4 is 6.16 Å². The van der Waals surface area contributed by atoms with Crippen LogP contribution >= 0.6 is 0 Å². The molecular formula is C34H35NO5. The quantitative estimate of drug-likeness (QED) is 0.211. The van der Waals surface area contributed by atoms with Crippen LogP contribution < -0.4 is 9.47 Å². The molecule has 3 aromatic rings. The van der Waals surface area contributed by atoms with Gasteiger partial charge in [0.2, 0.25) is 0 Å². The molecule has 1 saturated heterocycles. The molecule has 5 atom stereocenters. The first kappa shape index (κ1) is 25.2. The summed E-state index contributed by atoms with van der Waals surface area (Å²) in [5.41, 5.74) is 5.97. The fourth-order valence-electron chi connectivity index (χ4n) is 7.54. The van der Waals surface area contributed by atoms with Crippen molar-refractivity contribution in [2.24, 2.45) is 5.92 Å². The molecule has 6 heteroatoms. The summed E-state index contributed by atoms with van der Waals surface area (Å²) >= 11 is 0. The average Bonchev–Trinajstić information content (AvgIpc) is 3.34. The number of carbonyl (C=O) groups is 1. The van der Waals surface area contributed by atoms with E-state index in [1.165, 1.54) is 27.8 Å². The second-order valence-electron chi connectivity index (χ2n) is 11.5. The number of nitrogens with zero attached hydrogens (tertiary/aromatic N) is 1. The molecule has 1 fully saturated rings. The molecule has 3 aromatic carbocycles. The van der Waals surface area contributed by atoms with E-state index in [-0.39, 0.29) is 11.5 Å². The van der Waals surface area contributed by atoms with Crippen LogP contribution in [-0.2, 0) is 27.7 Å². The van der Waals surface area contributed by atoms with Gasteiger partial charge >= 0.3 is 6.16 Å². The van der Waals surface area contributed by atoms with E-state index in [4.69, 9.17) is 18.9 Å². The van der Waals surface area contributed by atoms with Crippen molar-refractivity contribution in [1.82, 2.24) is 4.90 Å². The molecule has 5 unspecified atom stereocenters. The monoisotopic (exact) mass is 537 g/mol. The zero-order valence-electron chi connectivity index (χ0n) is 23.0. The zero-order valence-corrected chi connectivity index (χ0v) is 23.0. The maximum atomic E-state index is 12.8. The molecule has 206 valence electrons. The van der Waals surface area contributed by atoms with E-state index in [1.54, 1.807) is 7.11 Å². The highest BCUT2D eigenvalue weighted by molar-refractivity contribution is 5.65. The Bertz CT molecular complexity index is 1430. The van der Waals surface area contributed by atoms with Gasteiger partial charge in [-0.05, 0) is 73.7 Å². The highest BCUT2D eigenvalue weighted by Crippen LogP contribution is 2.62. The molecule has 2 aliphatic heterocycles. The van der Waals surface area contributed by atoms with Gasteiger partial charge < -0.3 is 23.8 Å². The molecule has 1 spiro atoms. The molecule has 6 nitrogen and oxygen atoms in total. The number of rotatable bonds is 7. The number of benzene rings is 3. The number of likely N-dealkylation sites (tertiary alicyclic amines) is 1. The second-order valence-corrected chi connectivity index (χ2v) is 11.5. The summed E-state index contributed by atoms with van der Waals surface area (Å²) in [6.07, 6.45) is 6.31. The van der Waals surface area contributed by atoms with Gasteiger partial charge in [-0.2, -0.15) is 0 Å². The number of aryl methyl sites for hydroxylation is 1. The molecule has 4 aliphatic rings. The van der Waals surface area contributed by atoms with Gasteiger partial charge in [-0.25, -0.2) is 4.79 Å². The lowest BCUT2D eigenvalue weighted by molar-refractivity contribution is -0.0633. The van der Waals surface area contributed by atoms with Crippen LogP contribution in [-0.4, -0.2) is 56.6 Å². The highest BCUT2D eigenvalue weighted by Gasteiger charge is 2.65. The normalized spacial score (nSPS) is 27.4. The molecule has 2 heterocycles. The summed E-state index contributed by atoms with van der Waals surface area (Å²) < 4.78 is 23.8. The minimum Gasteiger partial charge on any atom is -0.493 e. The van der Waals surface area contributed by atoms with E-state index in [0.717, 1.165) is 43.7 Å². The van der Waals surface area contributed by atoms with Crippen molar-refractivity contribution in [3.05, 3.63) is 95.6 Å². The topological polar surface area (TPSA) is 57.2 Å². The van der Waals surface area contributed by atoms with Gasteiger partial charge in [-0.15, -0.1) is 0 Å². The SMILES string of the molecule is COc1ccc2c3c1OC1C(OC(=O)OCCCc4ccc(-c5ccccc5)cc4)C=CC4C(C2)N(C)CCC341. The molecule has 7 rings (SSSR count). The number of hydrogen-bond donors (Lipinski definition) is 0. The van der Waals surface area contributed by atoms with Crippen molar-refractivity contribution in [2.75, 3.05) is 27.3 Å². The average molecular weight is 538 g/mol. The van der Waals surface area contributed by atoms with E-state index in [0.29, 0.717) is 18.6 Å². The van der Waals surface area contributed by atoms with E-state index >= 15 is 0 Å². The standard InChI is InChI=1S/C34H35NO5/c1-35-19-18-34-26-15-17-29(32(34)40-31-28(37-2)16-14-25(30(31)34)21-27(26)35)39-33(36)38-20-6-7-22-10-12-24(13-11-22)23-8-4-3-5-9-23/h3-5,8-17,26-27,29,32H,6-7,18-21H2,1-2H3. The van der Waals surface area contributed by atoms with Crippen LogP contribution in [0, 0.1) is 5.92 Å². The van der Waals surface area contributed by atoms with Crippen LogP contribution in [0.4, 0.5) is 4.79 Å². The number of hydrogen-bond acceptors (Lipinski definition) is 6. The lowest BCUT2D eigenvalue weighted by Crippen LogP contribution is -2.65. The number of piperidine rings is 1. The van der Waals surface area contributed by atoms with E-state index in [2.05, 4.69) is 60.5 Å². The molecule has 40 heavy (non-hydrogen) atoms. The van der Waals surface area contributed by atoms with Crippen LogP contribution in [0.1, 0.15) is 29.5 Å². The maximum absolute atomic E-state index is 12.8. The summed E-state index contributed by atoms with van der Waals surface area (Å²) in [6.45, 7) is 1.29.